The molecule has 8 heteroatoms. The van der Waals surface area contributed by atoms with Crippen molar-refractivity contribution in [1.82, 2.24) is 25.4 Å². The van der Waals surface area contributed by atoms with Gasteiger partial charge in [-0.3, -0.25) is 19.7 Å². The van der Waals surface area contributed by atoms with Crippen molar-refractivity contribution in [2.24, 2.45) is 0 Å². The molecular formula is C20H22N6O2. The van der Waals surface area contributed by atoms with Gasteiger partial charge in [0.1, 0.15) is 0 Å². The van der Waals surface area contributed by atoms with Crippen LogP contribution >= 0.6 is 0 Å². The summed E-state index contributed by atoms with van der Waals surface area (Å²) in [5, 5.41) is 13.3. The topological polar surface area (TPSA) is 103 Å². The second-order valence-electron chi connectivity index (χ2n) is 6.52. The van der Waals surface area contributed by atoms with Crippen molar-refractivity contribution in [3.8, 4) is 11.3 Å². The number of carbonyl (C=O) groups is 2. The van der Waals surface area contributed by atoms with E-state index in [1.165, 1.54) is 6.08 Å². The van der Waals surface area contributed by atoms with Crippen LogP contribution in [0.1, 0.15) is 10.5 Å². The van der Waals surface area contributed by atoms with E-state index in [0.717, 1.165) is 12.1 Å². The number of benzene rings is 1. The van der Waals surface area contributed by atoms with Gasteiger partial charge in [0.25, 0.3) is 5.91 Å². The third-order valence-electron chi connectivity index (χ3n) is 4.12. The van der Waals surface area contributed by atoms with E-state index in [-0.39, 0.29) is 11.8 Å². The van der Waals surface area contributed by atoms with Gasteiger partial charge in [-0.25, -0.2) is 0 Å². The highest BCUT2D eigenvalue weighted by atomic mass is 16.2. The first-order valence-corrected chi connectivity index (χ1v) is 8.79. The van der Waals surface area contributed by atoms with E-state index in [9.17, 15) is 9.59 Å². The molecule has 0 saturated heterocycles. The van der Waals surface area contributed by atoms with Crippen molar-refractivity contribution in [3.63, 3.8) is 0 Å². The van der Waals surface area contributed by atoms with Gasteiger partial charge in [-0.05, 0) is 38.4 Å². The summed E-state index contributed by atoms with van der Waals surface area (Å²) in [7, 11) is 3.89. The van der Waals surface area contributed by atoms with E-state index >= 15 is 0 Å². The van der Waals surface area contributed by atoms with E-state index in [1.807, 2.05) is 43.3 Å². The molecule has 3 N–H and O–H groups in total. The number of nitrogens with zero attached hydrogens (tertiary/aromatic N) is 3. The number of amides is 2. The van der Waals surface area contributed by atoms with Gasteiger partial charge in [0.15, 0.2) is 5.69 Å². The van der Waals surface area contributed by atoms with E-state index in [0.29, 0.717) is 34.5 Å². The predicted octanol–water partition coefficient (Wildman–Crippen LogP) is 2.04. The van der Waals surface area contributed by atoms with E-state index in [1.54, 1.807) is 12.3 Å². The average Bonchev–Trinajstić information content (AvgIpc) is 3.11. The maximum atomic E-state index is 12.5. The normalized spacial score (nSPS) is 10.8. The van der Waals surface area contributed by atoms with Crippen molar-refractivity contribution in [1.29, 1.82) is 0 Å². The number of aromatic nitrogens is 3. The Hall–Kier alpha value is -3.52. The van der Waals surface area contributed by atoms with Crippen LogP contribution in [0, 0.1) is 0 Å². The third-order valence-corrected chi connectivity index (χ3v) is 4.12. The van der Waals surface area contributed by atoms with Crippen molar-refractivity contribution in [2.75, 3.05) is 32.5 Å². The number of pyridine rings is 1. The van der Waals surface area contributed by atoms with Crippen LogP contribution < -0.4 is 10.6 Å². The van der Waals surface area contributed by atoms with Gasteiger partial charge < -0.3 is 15.5 Å². The lowest BCUT2D eigenvalue weighted by Gasteiger charge is -2.09. The first-order chi connectivity index (χ1) is 13.5. The lowest BCUT2D eigenvalue weighted by Crippen LogP contribution is -2.31. The molecule has 0 saturated carbocycles. The zero-order chi connectivity index (χ0) is 20.1. The summed E-state index contributed by atoms with van der Waals surface area (Å²) in [5.74, 6) is -0.524. The standard InChI is InChI=1S/C20H22N6O2/c1-4-18(27)23-14-7-5-6-13(10-14)16-11-15-17(12-22-16)24-25-19(15)20(28)21-8-9-26(2)3/h4-7,10-12H,1,8-9H2,2-3H3,(H,21,28)(H,23,27)(H,24,25). The number of nitrogens with one attached hydrogen (secondary N) is 3. The summed E-state index contributed by atoms with van der Waals surface area (Å²) < 4.78 is 0. The zero-order valence-corrected chi connectivity index (χ0v) is 15.8. The molecule has 0 aliphatic carbocycles. The summed E-state index contributed by atoms with van der Waals surface area (Å²) in [4.78, 5) is 30.4. The number of H-pyrrole nitrogens is 1. The minimum absolute atomic E-state index is 0.239. The van der Waals surface area contributed by atoms with Gasteiger partial charge >= 0.3 is 0 Å². The molecule has 3 rings (SSSR count). The van der Waals surface area contributed by atoms with Crippen LogP contribution in [0.5, 0.6) is 0 Å². The first kappa shape index (κ1) is 19.2. The molecule has 0 aliphatic heterocycles. The SMILES string of the molecule is C=CC(=O)Nc1cccc(-c2cc3c(C(=O)NCCN(C)C)n[nH]c3cn2)c1. The number of hydrogen-bond donors (Lipinski definition) is 3. The fourth-order valence-electron chi connectivity index (χ4n) is 2.67. The van der Waals surface area contributed by atoms with Crippen LogP contribution in [0.4, 0.5) is 5.69 Å². The highest BCUT2D eigenvalue weighted by molar-refractivity contribution is 6.05. The predicted molar refractivity (Wildman–Crippen MR) is 109 cm³/mol. The fraction of sp³-hybridized carbons (Fsp3) is 0.200. The minimum atomic E-state index is -0.285. The summed E-state index contributed by atoms with van der Waals surface area (Å²) in [6, 6.07) is 9.12. The fourth-order valence-corrected chi connectivity index (χ4v) is 2.67. The van der Waals surface area contributed by atoms with Crippen LogP contribution in [0.3, 0.4) is 0 Å². The molecule has 2 amide bonds. The van der Waals surface area contributed by atoms with Crippen LogP contribution in [-0.4, -0.2) is 59.1 Å². The maximum absolute atomic E-state index is 12.5. The Morgan fingerprint density at radius 3 is 2.86 bits per heavy atom. The Morgan fingerprint density at radius 2 is 2.11 bits per heavy atom. The van der Waals surface area contributed by atoms with Crippen LogP contribution in [0.25, 0.3) is 22.2 Å². The van der Waals surface area contributed by atoms with Gasteiger partial charge in [0, 0.05) is 29.7 Å². The second kappa shape index (κ2) is 8.45. The Balaban J connectivity index is 1.88. The maximum Gasteiger partial charge on any atom is 0.272 e. The molecule has 3 aromatic rings. The summed E-state index contributed by atoms with van der Waals surface area (Å²) in [6.07, 6.45) is 2.85. The Labute approximate surface area is 162 Å². The second-order valence-corrected chi connectivity index (χ2v) is 6.52. The molecule has 0 atom stereocenters. The number of likely N-dealkylation sites (N-methyl/N-ethyl adjacent to an activating group) is 1. The molecule has 0 aliphatic rings. The van der Waals surface area contributed by atoms with Crippen molar-refractivity contribution >= 4 is 28.4 Å². The molecule has 0 spiro atoms. The summed E-state index contributed by atoms with van der Waals surface area (Å²) in [5.41, 5.74) is 3.12. The van der Waals surface area contributed by atoms with Crippen LogP contribution in [0.2, 0.25) is 0 Å². The summed E-state index contributed by atoms with van der Waals surface area (Å²) >= 11 is 0. The molecule has 2 heterocycles. The van der Waals surface area contributed by atoms with Gasteiger partial charge in [-0.2, -0.15) is 5.10 Å². The number of aromatic amines is 1. The molecule has 0 unspecified atom stereocenters. The molecular weight excluding hydrogens is 356 g/mol. The Morgan fingerprint density at radius 1 is 1.29 bits per heavy atom. The molecule has 0 radical (unpaired) electrons. The number of hydrogen-bond acceptors (Lipinski definition) is 5. The first-order valence-electron chi connectivity index (χ1n) is 8.79. The zero-order valence-electron chi connectivity index (χ0n) is 15.8. The van der Waals surface area contributed by atoms with Crippen molar-refractivity contribution in [2.45, 2.75) is 0 Å². The molecule has 0 fully saturated rings. The van der Waals surface area contributed by atoms with E-state index < -0.39 is 0 Å². The molecule has 144 valence electrons. The Bertz CT molecular complexity index is 1020. The van der Waals surface area contributed by atoms with E-state index in [2.05, 4.69) is 32.4 Å². The summed E-state index contributed by atoms with van der Waals surface area (Å²) in [6.45, 7) is 4.72. The largest absolute Gasteiger partial charge is 0.349 e. The van der Waals surface area contributed by atoms with Crippen LogP contribution in [-0.2, 0) is 4.79 Å². The van der Waals surface area contributed by atoms with Gasteiger partial charge in [-0.1, -0.05) is 18.7 Å². The number of rotatable bonds is 7. The molecule has 28 heavy (non-hydrogen) atoms. The quantitative estimate of drug-likeness (QED) is 0.546. The van der Waals surface area contributed by atoms with Gasteiger partial charge in [0.05, 0.1) is 17.4 Å². The third kappa shape index (κ3) is 4.41. The van der Waals surface area contributed by atoms with Gasteiger partial charge in [0.2, 0.25) is 5.91 Å². The monoisotopic (exact) mass is 378 g/mol. The number of carbonyl (C=O) groups excluding carboxylic acids is 2. The van der Waals surface area contributed by atoms with Crippen molar-refractivity contribution < 1.29 is 9.59 Å². The molecule has 1 aromatic carbocycles. The minimum Gasteiger partial charge on any atom is -0.349 e. The lowest BCUT2D eigenvalue weighted by atomic mass is 10.1. The lowest BCUT2D eigenvalue weighted by molar-refractivity contribution is -0.111. The number of anilines is 1. The average molecular weight is 378 g/mol. The highest BCUT2D eigenvalue weighted by Crippen LogP contribution is 2.25. The smallest absolute Gasteiger partial charge is 0.272 e. The molecule has 2 aromatic heterocycles. The van der Waals surface area contributed by atoms with Crippen molar-refractivity contribution in [3.05, 3.63) is 54.9 Å². The van der Waals surface area contributed by atoms with Crippen LogP contribution in [0.15, 0.2) is 49.2 Å². The highest BCUT2D eigenvalue weighted by Gasteiger charge is 2.15. The Kier molecular flexibility index (Phi) is 5.81. The molecule has 8 nitrogen and oxygen atoms in total. The number of fused-ring (bicyclic) bond motifs is 1. The molecule has 0 bridgehead atoms. The van der Waals surface area contributed by atoms with Gasteiger partial charge in [-0.15, -0.1) is 0 Å². The van der Waals surface area contributed by atoms with E-state index in [4.69, 9.17) is 0 Å².